The van der Waals surface area contributed by atoms with Crippen LogP contribution in [0.4, 0.5) is 5.69 Å². The van der Waals surface area contributed by atoms with Gasteiger partial charge >= 0.3 is 0 Å². The minimum absolute atomic E-state index is 0.0495. The Labute approximate surface area is 92.9 Å². The van der Waals surface area contributed by atoms with Gasteiger partial charge in [0.05, 0.1) is 11.5 Å². The molecule has 0 saturated carbocycles. The van der Waals surface area contributed by atoms with Crippen LogP contribution in [0, 0.1) is 10.1 Å². The van der Waals surface area contributed by atoms with Crippen molar-refractivity contribution >= 4 is 11.6 Å². The van der Waals surface area contributed by atoms with Crippen LogP contribution < -0.4 is 0 Å². The van der Waals surface area contributed by atoms with Gasteiger partial charge in [0.15, 0.2) is 0 Å². The largest absolute Gasteiger partial charge is 0.469 e. The van der Waals surface area contributed by atoms with Gasteiger partial charge in [-0.25, -0.2) is 4.99 Å². The standard InChI is InChI=1S/C11H12N2O3/c1-11(2)7-12-10(16-11)8-4-3-5-9(6-8)13(14)15/h3-6H,7H2,1-2H3. The van der Waals surface area contributed by atoms with E-state index >= 15 is 0 Å². The van der Waals surface area contributed by atoms with Crippen molar-refractivity contribution in [1.82, 2.24) is 0 Å². The van der Waals surface area contributed by atoms with E-state index in [0.29, 0.717) is 18.0 Å². The molecule has 0 saturated heterocycles. The zero-order chi connectivity index (χ0) is 11.8. The van der Waals surface area contributed by atoms with Gasteiger partial charge in [-0.05, 0) is 19.9 Å². The molecule has 0 N–H and O–H groups in total. The van der Waals surface area contributed by atoms with Gasteiger partial charge in [0, 0.05) is 17.7 Å². The van der Waals surface area contributed by atoms with E-state index in [1.807, 2.05) is 13.8 Å². The molecule has 0 amide bonds. The fourth-order valence-electron chi connectivity index (χ4n) is 1.49. The van der Waals surface area contributed by atoms with Crippen molar-refractivity contribution in [2.75, 3.05) is 6.54 Å². The van der Waals surface area contributed by atoms with Crippen molar-refractivity contribution in [2.45, 2.75) is 19.4 Å². The molecule has 0 aromatic heterocycles. The molecular weight excluding hydrogens is 208 g/mol. The number of nitro groups is 1. The third-order valence-electron chi connectivity index (χ3n) is 2.28. The lowest BCUT2D eigenvalue weighted by molar-refractivity contribution is -0.384. The van der Waals surface area contributed by atoms with Crippen molar-refractivity contribution in [2.24, 2.45) is 4.99 Å². The summed E-state index contributed by atoms with van der Waals surface area (Å²) in [7, 11) is 0. The van der Waals surface area contributed by atoms with Crippen LogP contribution in [0.25, 0.3) is 0 Å². The molecule has 1 aromatic carbocycles. The fraction of sp³-hybridized carbons (Fsp3) is 0.364. The quantitative estimate of drug-likeness (QED) is 0.566. The predicted octanol–water partition coefficient (Wildman–Crippen LogP) is 2.15. The Morgan fingerprint density at radius 1 is 1.50 bits per heavy atom. The summed E-state index contributed by atoms with van der Waals surface area (Å²) in [5.41, 5.74) is 0.383. The van der Waals surface area contributed by atoms with Crippen LogP contribution in [0.2, 0.25) is 0 Å². The third kappa shape index (κ3) is 2.03. The molecule has 84 valence electrons. The van der Waals surface area contributed by atoms with Gasteiger partial charge in [-0.15, -0.1) is 0 Å². The van der Waals surface area contributed by atoms with Gasteiger partial charge in [-0.1, -0.05) is 6.07 Å². The molecule has 2 rings (SSSR count). The number of rotatable bonds is 2. The number of ether oxygens (including phenoxy) is 1. The lowest BCUT2D eigenvalue weighted by atomic mass is 10.1. The molecule has 0 unspecified atom stereocenters. The molecule has 1 aromatic rings. The molecule has 0 bridgehead atoms. The maximum absolute atomic E-state index is 10.6. The second-order valence-corrected chi connectivity index (χ2v) is 4.29. The Morgan fingerprint density at radius 3 is 2.81 bits per heavy atom. The summed E-state index contributed by atoms with van der Waals surface area (Å²) < 4.78 is 5.60. The van der Waals surface area contributed by atoms with E-state index in [0.717, 1.165) is 0 Å². The van der Waals surface area contributed by atoms with Gasteiger partial charge < -0.3 is 4.74 Å². The Bertz CT molecular complexity index is 466. The van der Waals surface area contributed by atoms with Gasteiger partial charge in [0.1, 0.15) is 5.60 Å². The maximum Gasteiger partial charge on any atom is 0.270 e. The van der Waals surface area contributed by atoms with Crippen LogP contribution in [0.1, 0.15) is 19.4 Å². The van der Waals surface area contributed by atoms with E-state index in [9.17, 15) is 10.1 Å². The van der Waals surface area contributed by atoms with Gasteiger partial charge in [0.2, 0.25) is 5.90 Å². The van der Waals surface area contributed by atoms with Crippen molar-refractivity contribution in [3.8, 4) is 0 Å². The first-order chi connectivity index (χ1) is 7.48. The van der Waals surface area contributed by atoms with Gasteiger partial charge in [-0.3, -0.25) is 10.1 Å². The highest BCUT2D eigenvalue weighted by atomic mass is 16.6. The van der Waals surface area contributed by atoms with Gasteiger partial charge in [-0.2, -0.15) is 0 Å². The second-order valence-electron chi connectivity index (χ2n) is 4.29. The van der Waals surface area contributed by atoms with Crippen LogP contribution in [0.5, 0.6) is 0 Å². The first-order valence-corrected chi connectivity index (χ1v) is 4.96. The number of aliphatic imine (C=N–C) groups is 1. The predicted molar refractivity (Wildman–Crippen MR) is 59.7 cm³/mol. The van der Waals surface area contributed by atoms with Crippen molar-refractivity contribution in [3.63, 3.8) is 0 Å². The lowest BCUT2D eigenvalue weighted by Crippen LogP contribution is -2.24. The molecular formula is C11H12N2O3. The number of benzene rings is 1. The molecule has 5 heteroatoms. The van der Waals surface area contributed by atoms with E-state index in [1.165, 1.54) is 12.1 Å². The zero-order valence-electron chi connectivity index (χ0n) is 9.14. The van der Waals surface area contributed by atoms with E-state index in [4.69, 9.17) is 4.74 Å². The minimum Gasteiger partial charge on any atom is -0.469 e. The minimum atomic E-state index is -0.426. The average Bonchev–Trinajstić information content (AvgIpc) is 2.59. The fourth-order valence-corrected chi connectivity index (χ4v) is 1.49. The highest BCUT2D eigenvalue weighted by molar-refractivity contribution is 5.96. The first-order valence-electron chi connectivity index (χ1n) is 4.96. The number of nitro benzene ring substituents is 1. The number of hydrogen-bond donors (Lipinski definition) is 0. The summed E-state index contributed by atoms with van der Waals surface area (Å²) in [4.78, 5) is 14.4. The lowest BCUT2D eigenvalue weighted by Gasteiger charge is -2.17. The summed E-state index contributed by atoms with van der Waals surface area (Å²) >= 11 is 0. The second kappa shape index (κ2) is 3.59. The van der Waals surface area contributed by atoms with Crippen molar-refractivity contribution in [3.05, 3.63) is 39.9 Å². The summed E-state index contributed by atoms with van der Waals surface area (Å²) in [5.74, 6) is 0.480. The maximum atomic E-state index is 10.6. The zero-order valence-corrected chi connectivity index (χ0v) is 9.14. The van der Waals surface area contributed by atoms with Crippen LogP contribution >= 0.6 is 0 Å². The molecule has 1 aliphatic rings. The molecule has 0 spiro atoms. The first kappa shape index (κ1) is 10.6. The van der Waals surface area contributed by atoms with E-state index in [-0.39, 0.29) is 11.3 Å². The Hall–Kier alpha value is -1.91. The van der Waals surface area contributed by atoms with E-state index in [1.54, 1.807) is 12.1 Å². The van der Waals surface area contributed by atoms with Gasteiger partial charge in [0.25, 0.3) is 5.69 Å². The normalized spacial score (nSPS) is 17.8. The molecule has 0 atom stereocenters. The molecule has 0 aliphatic carbocycles. The summed E-state index contributed by atoms with van der Waals surface area (Å²) in [6.07, 6.45) is 0. The topological polar surface area (TPSA) is 64.7 Å². The number of nitrogens with zero attached hydrogens (tertiary/aromatic N) is 2. The van der Waals surface area contributed by atoms with Crippen LogP contribution in [0.3, 0.4) is 0 Å². The molecule has 5 nitrogen and oxygen atoms in total. The number of non-ortho nitro benzene ring substituents is 1. The highest BCUT2D eigenvalue weighted by Gasteiger charge is 2.28. The summed E-state index contributed by atoms with van der Waals surface area (Å²) in [5, 5.41) is 10.6. The Kier molecular flexibility index (Phi) is 2.38. The van der Waals surface area contributed by atoms with Crippen LogP contribution in [0.15, 0.2) is 29.3 Å². The highest BCUT2D eigenvalue weighted by Crippen LogP contribution is 2.22. The molecule has 16 heavy (non-hydrogen) atoms. The molecule has 0 radical (unpaired) electrons. The van der Waals surface area contributed by atoms with Crippen molar-refractivity contribution in [1.29, 1.82) is 0 Å². The average molecular weight is 220 g/mol. The van der Waals surface area contributed by atoms with Crippen LogP contribution in [-0.4, -0.2) is 23.0 Å². The molecule has 1 aliphatic heterocycles. The van der Waals surface area contributed by atoms with E-state index in [2.05, 4.69) is 4.99 Å². The molecule has 0 fully saturated rings. The Morgan fingerprint density at radius 2 is 2.25 bits per heavy atom. The smallest absolute Gasteiger partial charge is 0.270 e. The monoisotopic (exact) mass is 220 g/mol. The Balaban J connectivity index is 2.29. The summed E-state index contributed by atoms with van der Waals surface area (Å²) in [6, 6.07) is 6.31. The van der Waals surface area contributed by atoms with Crippen molar-refractivity contribution < 1.29 is 9.66 Å². The molecule has 1 heterocycles. The SMILES string of the molecule is CC1(C)CN=C(c2cccc([N+](=O)[O-])c2)O1. The third-order valence-corrected chi connectivity index (χ3v) is 2.28. The van der Waals surface area contributed by atoms with Crippen LogP contribution in [-0.2, 0) is 4.74 Å². The van der Waals surface area contributed by atoms with E-state index < -0.39 is 4.92 Å². The summed E-state index contributed by atoms with van der Waals surface area (Å²) in [6.45, 7) is 4.44. The number of hydrogen-bond acceptors (Lipinski definition) is 4.